The smallest absolute Gasteiger partial charge is 0.152 e. The summed E-state index contributed by atoms with van der Waals surface area (Å²) in [6.45, 7) is 24.0. The second-order valence-corrected chi connectivity index (χ2v) is 30.8. The van der Waals surface area contributed by atoms with Crippen LogP contribution in [0.5, 0.6) is 11.5 Å². The molecule has 2 aliphatic carbocycles. The molecule has 1 atom stereocenters. The molecule has 0 radical (unpaired) electrons. The number of hydrogen-bond acceptors (Lipinski definition) is 3. The summed E-state index contributed by atoms with van der Waals surface area (Å²) in [5, 5.41) is 0. The normalized spacial score (nSPS) is 13.8. The minimum absolute atomic E-state index is 0.0831. The summed E-state index contributed by atoms with van der Waals surface area (Å²) >= 11 is 0. The minimum Gasteiger partial charge on any atom is -0.453 e. The molecule has 3 aliphatic rings. The monoisotopic (exact) mass is 1380 g/mol. The molecular weight excluding hydrogens is 1270 g/mol. The van der Waals surface area contributed by atoms with E-state index in [2.05, 4.69) is 302 Å². The average Bonchev–Trinajstić information content (AvgIpc) is 1.58. The molecule has 0 bridgehead atoms. The second-order valence-electron chi connectivity index (χ2n) is 30.8. The van der Waals surface area contributed by atoms with Crippen molar-refractivity contribution in [1.29, 1.82) is 0 Å². The molecule has 10 aromatic rings. The lowest BCUT2D eigenvalue weighted by molar-refractivity contribution is 0.398. The van der Waals surface area contributed by atoms with Crippen molar-refractivity contribution in [3.63, 3.8) is 0 Å². The molecule has 3 nitrogen and oxygen atoms in total. The molecule has 0 aromatic heterocycles. The van der Waals surface area contributed by atoms with Gasteiger partial charge in [0.2, 0.25) is 0 Å². The van der Waals surface area contributed by atoms with Gasteiger partial charge in [-0.2, -0.15) is 0 Å². The Labute approximate surface area is 631 Å². The van der Waals surface area contributed by atoms with Crippen molar-refractivity contribution in [3.8, 4) is 67.1 Å². The van der Waals surface area contributed by atoms with E-state index in [-0.39, 0.29) is 10.8 Å². The lowest BCUT2D eigenvalue weighted by atomic mass is 9.69. The van der Waals surface area contributed by atoms with Gasteiger partial charge in [0.05, 0.1) is 11.4 Å². The molecule has 0 saturated carbocycles. The van der Waals surface area contributed by atoms with Crippen LogP contribution in [0.15, 0.2) is 256 Å². The molecule has 0 saturated heterocycles. The van der Waals surface area contributed by atoms with Crippen LogP contribution in [0, 0.1) is 13.8 Å². The molecule has 0 N–H and O–H groups in total. The first kappa shape index (κ1) is 73.9. The predicted molar refractivity (Wildman–Crippen MR) is 454 cm³/mol. The SMILES string of the molecule is C=C/C=C\CCCC1(CCC/C=C\C=C)c2cc(C)ccc2-c2ccc(-c3ccc4c(c3)C(CCCCCCCC)(CCCCCCCC)c3cc(-c5ccc(N(c6ccc(-c7ccc8c(c7)Oc7cc(C)ccc7N8c7ccc(CCCC)cc7)cc6)c6ccc(C(C)CC)cc6)cc5)ccc3-4)cc21. The fraction of sp³-hybridized carbons (Fsp3) is 0.333. The van der Waals surface area contributed by atoms with Crippen LogP contribution in [-0.4, -0.2) is 0 Å². The van der Waals surface area contributed by atoms with Gasteiger partial charge in [-0.3, -0.25) is 0 Å². The van der Waals surface area contributed by atoms with Crippen molar-refractivity contribution in [1.82, 2.24) is 0 Å². The van der Waals surface area contributed by atoms with Gasteiger partial charge in [-0.25, -0.2) is 0 Å². The Kier molecular flexibility index (Phi) is 24.4. The highest BCUT2D eigenvalue weighted by molar-refractivity contribution is 5.91. The lowest BCUT2D eigenvalue weighted by Gasteiger charge is -2.34. The fourth-order valence-corrected chi connectivity index (χ4v) is 17.6. The van der Waals surface area contributed by atoms with E-state index in [0.29, 0.717) is 5.92 Å². The molecule has 105 heavy (non-hydrogen) atoms. The number of rotatable bonds is 36. The Morgan fingerprint density at radius 1 is 0.390 bits per heavy atom. The van der Waals surface area contributed by atoms with E-state index in [1.54, 1.807) is 5.56 Å². The number of fused-ring (bicyclic) bond motifs is 8. The van der Waals surface area contributed by atoms with Gasteiger partial charge in [0.25, 0.3) is 0 Å². The molecular formula is C102H114N2O. The second kappa shape index (κ2) is 34.6. The van der Waals surface area contributed by atoms with Crippen LogP contribution >= 0.6 is 0 Å². The zero-order valence-electron chi connectivity index (χ0n) is 64.4. The third-order valence-corrected chi connectivity index (χ3v) is 23.7. The molecule has 538 valence electrons. The van der Waals surface area contributed by atoms with Crippen molar-refractivity contribution in [2.24, 2.45) is 0 Å². The number of aryl methyl sites for hydroxylation is 3. The largest absolute Gasteiger partial charge is 0.453 e. The maximum absolute atomic E-state index is 6.83. The molecule has 0 spiro atoms. The van der Waals surface area contributed by atoms with Gasteiger partial charge < -0.3 is 14.5 Å². The molecule has 1 unspecified atom stereocenters. The van der Waals surface area contributed by atoms with Crippen LogP contribution < -0.4 is 14.5 Å². The molecule has 0 amide bonds. The Balaban J connectivity index is 0.851. The molecule has 1 heterocycles. The van der Waals surface area contributed by atoms with E-state index in [4.69, 9.17) is 4.74 Å². The van der Waals surface area contributed by atoms with Crippen molar-refractivity contribution in [2.75, 3.05) is 9.80 Å². The van der Waals surface area contributed by atoms with E-state index >= 15 is 0 Å². The fourth-order valence-electron chi connectivity index (χ4n) is 17.6. The van der Waals surface area contributed by atoms with E-state index in [9.17, 15) is 0 Å². The summed E-state index contributed by atoms with van der Waals surface area (Å²) in [7, 11) is 0. The zero-order chi connectivity index (χ0) is 72.7. The van der Waals surface area contributed by atoms with Gasteiger partial charge in [0, 0.05) is 33.6 Å². The summed E-state index contributed by atoms with van der Waals surface area (Å²) in [5.74, 6) is 2.21. The molecule has 3 heteroatoms. The van der Waals surface area contributed by atoms with Gasteiger partial charge >= 0.3 is 0 Å². The van der Waals surface area contributed by atoms with E-state index in [1.165, 1.54) is 173 Å². The van der Waals surface area contributed by atoms with Gasteiger partial charge in [0.1, 0.15) is 0 Å². The van der Waals surface area contributed by atoms with Crippen molar-refractivity contribution >= 4 is 34.1 Å². The first-order chi connectivity index (χ1) is 51.5. The Bertz CT molecular complexity index is 4610. The number of benzene rings is 10. The molecule has 10 aromatic carbocycles. The Morgan fingerprint density at radius 2 is 0.781 bits per heavy atom. The van der Waals surface area contributed by atoms with Crippen molar-refractivity contribution < 1.29 is 4.74 Å². The summed E-state index contributed by atoms with van der Waals surface area (Å²) in [6.07, 6.45) is 41.5. The quantitative estimate of drug-likeness (QED) is 0.0288. The maximum atomic E-state index is 6.83. The standard InChI is InChI=1S/C102H114N2O/c1-10-16-21-25-29-33-66-102(67-34-30-26-22-17-11-2)94-70-81(46-59-91(94)92-61-48-83(72-96(92)102)82-47-60-90-89-58-36-74(7)68-93(89)101(95(90)71-82,64-31-27-23-18-12-3)65-32-28-24-19-13-4)79-42-54-86(55-43-79)103(85-52-40-78(41-53-85)76(9)15-6)87-56-44-80(45-57-87)84-49-63-98-100(73-84)105-99-69-75(8)37-62-97(99)104(98)88-50-38-77(39-51-88)35-20-14-5/h12-13,18-19,23-24,36-63,68-73,76H,3-4,10-11,14-17,20-22,25-35,64-67H2,1-2,5-9H3/b23-18-,24-19-. The topological polar surface area (TPSA) is 15.7 Å². The number of hydrogen-bond donors (Lipinski definition) is 0. The number of anilines is 6. The third kappa shape index (κ3) is 16.1. The highest BCUT2D eigenvalue weighted by atomic mass is 16.5. The van der Waals surface area contributed by atoms with Crippen LogP contribution in [-0.2, 0) is 17.3 Å². The van der Waals surface area contributed by atoms with Gasteiger partial charge in [0.15, 0.2) is 11.5 Å². The van der Waals surface area contributed by atoms with Gasteiger partial charge in [-0.1, -0.05) is 289 Å². The highest BCUT2D eigenvalue weighted by Crippen LogP contribution is 2.59. The van der Waals surface area contributed by atoms with Crippen LogP contribution in [0.4, 0.5) is 34.1 Å². The number of unbranched alkanes of at least 4 members (excludes halogenated alkanes) is 13. The first-order valence-corrected chi connectivity index (χ1v) is 40.6. The number of nitrogens with zero attached hydrogens (tertiary/aromatic N) is 2. The average molecular weight is 1380 g/mol. The zero-order valence-corrected chi connectivity index (χ0v) is 64.4. The van der Waals surface area contributed by atoms with E-state index in [1.807, 2.05) is 12.2 Å². The Hall–Kier alpha value is -9.44. The lowest BCUT2D eigenvalue weighted by Crippen LogP contribution is -2.26. The van der Waals surface area contributed by atoms with Crippen LogP contribution in [0.1, 0.15) is 233 Å². The highest BCUT2D eigenvalue weighted by Gasteiger charge is 2.45. The predicted octanol–water partition coefficient (Wildman–Crippen LogP) is 31.1. The van der Waals surface area contributed by atoms with E-state index < -0.39 is 0 Å². The van der Waals surface area contributed by atoms with Crippen LogP contribution in [0.25, 0.3) is 55.6 Å². The van der Waals surface area contributed by atoms with Crippen molar-refractivity contribution in [3.05, 3.63) is 300 Å². The summed E-state index contributed by atoms with van der Waals surface area (Å²) < 4.78 is 6.83. The summed E-state index contributed by atoms with van der Waals surface area (Å²) in [4.78, 5) is 4.79. The third-order valence-electron chi connectivity index (χ3n) is 23.7. The maximum Gasteiger partial charge on any atom is 0.152 e. The van der Waals surface area contributed by atoms with Crippen molar-refractivity contribution in [2.45, 2.75) is 219 Å². The molecule has 1 aliphatic heterocycles. The van der Waals surface area contributed by atoms with E-state index in [0.717, 1.165) is 121 Å². The molecule has 13 rings (SSSR count). The first-order valence-electron chi connectivity index (χ1n) is 40.6. The summed E-state index contributed by atoms with van der Waals surface area (Å²) in [6, 6.07) is 80.4. The van der Waals surface area contributed by atoms with Gasteiger partial charge in [-0.15, -0.1) is 0 Å². The number of allylic oxidation sites excluding steroid dienone is 6. The minimum atomic E-state index is -0.111. The van der Waals surface area contributed by atoms with Crippen LogP contribution in [0.2, 0.25) is 0 Å². The summed E-state index contributed by atoms with van der Waals surface area (Å²) in [5.41, 5.74) is 30.9. The van der Waals surface area contributed by atoms with Gasteiger partial charge in [-0.05, 0) is 276 Å². The Morgan fingerprint density at radius 3 is 1.28 bits per heavy atom. The molecule has 0 fully saturated rings. The van der Waals surface area contributed by atoms with Crippen LogP contribution in [0.3, 0.4) is 0 Å². The number of ether oxygens (including phenoxy) is 1.